The van der Waals surface area contributed by atoms with E-state index >= 15 is 0 Å². The molecule has 0 aliphatic heterocycles. The van der Waals surface area contributed by atoms with Crippen LogP contribution in [0.25, 0.3) is 11.3 Å². The molecule has 1 aromatic carbocycles. The summed E-state index contributed by atoms with van der Waals surface area (Å²) < 4.78 is 48.8. The predicted octanol–water partition coefficient (Wildman–Crippen LogP) is 4.51. The molecule has 0 fully saturated rings. The zero-order chi connectivity index (χ0) is 14.9. The van der Waals surface area contributed by atoms with Crippen molar-refractivity contribution in [3.8, 4) is 11.3 Å². The first kappa shape index (κ1) is 14.6. The third kappa shape index (κ3) is 2.87. The van der Waals surface area contributed by atoms with Gasteiger partial charge in [0.1, 0.15) is 5.76 Å². The van der Waals surface area contributed by atoms with Crippen molar-refractivity contribution >= 4 is 21.9 Å². The van der Waals surface area contributed by atoms with Crippen molar-refractivity contribution in [1.82, 2.24) is 0 Å². The number of rotatable bonds is 2. The molecule has 0 N–H and O–H groups in total. The fraction of sp³-hybridized carbons (Fsp3) is 0.154. The monoisotopic (exact) mass is 348 g/mol. The van der Waals surface area contributed by atoms with Crippen molar-refractivity contribution in [3.63, 3.8) is 0 Å². The number of hydrogen-bond acceptors (Lipinski definition) is 3. The van der Waals surface area contributed by atoms with Gasteiger partial charge in [-0.3, -0.25) is 0 Å². The average molecular weight is 349 g/mol. The normalized spacial score (nSPS) is 11.4. The van der Waals surface area contributed by atoms with Gasteiger partial charge in [0.15, 0.2) is 0 Å². The molecule has 0 atom stereocenters. The predicted molar refractivity (Wildman–Crippen MR) is 68.2 cm³/mol. The summed E-state index contributed by atoms with van der Waals surface area (Å²) in [5.41, 5.74) is -0.992. The molecular weight excluding hydrogens is 341 g/mol. The number of benzene rings is 1. The molecule has 7 heteroatoms. The highest BCUT2D eigenvalue weighted by Crippen LogP contribution is 2.39. The van der Waals surface area contributed by atoms with Crippen LogP contribution in [0, 0.1) is 0 Å². The molecule has 0 radical (unpaired) electrons. The Hall–Kier alpha value is -1.76. The molecule has 20 heavy (non-hydrogen) atoms. The summed E-state index contributed by atoms with van der Waals surface area (Å²) in [6.07, 6.45) is -4.53. The highest BCUT2D eigenvalue weighted by atomic mass is 79.9. The Bertz CT molecular complexity index is 647. The molecule has 0 amide bonds. The maximum atomic E-state index is 13.0. The molecule has 0 spiro atoms. The lowest BCUT2D eigenvalue weighted by molar-refractivity contribution is -0.137. The second-order valence-corrected chi connectivity index (χ2v) is 4.76. The lowest BCUT2D eigenvalue weighted by atomic mass is 10.1. The molecule has 1 heterocycles. The van der Waals surface area contributed by atoms with Crippen LogP contribution < -0.4 is 0 Å². The van der Waals surface area contributed by atoms with Gasteiger partial charge in [-0.25, -0.2) is 4.79 Å². The summed E-state index contributed by atoms with van der Waals surface area (Å²) in [6.45, 7) is 0. The van der Waals surface area contributed by atoms with Crippen LogP contribution in [0.4, 0.5) is 13.2 Å². The van der Waals surface area contributed by atoms with Gasteiger partial charge in [0.25, 0.3) is 0 Å². The van der Waals surface area contributed by atoms with E-state index < -0.39 is 17.7 Å². The molecule has 1 aromatic heterocycles. The van der Waals surface area contributed by atoms with Gasteiger partial charge in [0, 0.05) is 10.0 Å². The maximum Gasteiger partial charge on any atom is 0.417 e. The second-order valence-electron chi connectivity index (χ2n) is 3.84. The van der Waals surface area contributed by atoms with E-state index in [0.717, 1.165) is 13.2 Å². The summed E-state index contributed by atoms with van der Waals surface area (Å²) in [4.78, 5) is 11.2. The van der Waals surface area contributed by atoms with Crippen LogP contribution in [-0.4, -0.2) is 13.1 Å². The Balaban J connectivity index is 2.53. The molecule has 0 bridgehead atoms. The summed E-state index contributed by atoms with van der Waals surface area (Å²) in [6, 6.07) is 6.25. The van der Waals surface area contributed by atoms with Crippen LogP contribution in [0.1, 0.15) is 16.1 Å². The number of furan rings is 1. The largest absolute Gasteiger partial charge is 0.463 e. The first-order valence-electron chi connectivity index (χ1n) is 5.38. The molecule has 0 saturated heterocycles. The van der Waals surface area contributed by atoms with Crippen LogP contribution in [-0.2, 0) is 10.9 Å². The topological polar surface area (TPSA) is 39.4 Å². The number of ether oxygens (including phenoxy) is 1. The summed E-state index contributed by atoms with van der Waals surface area (Å²) in [5.74, 6) is -0.953. The molecule has 0 aliphatic carbocycles. The van der Waals surface area contributed by atoms with E-state index in [1.807, 2.05) is 0 Å². The number of alkyl halides is 3. The number of carbonyl (C=O) groups is 1. The number of hydrogen-bond donors (Lipinski definition) is 0. The summed E-state index contributed by atoms with van der Waals surface area (Å²) in [5, 5.41) is 0. The van der Waals surface area contributed by atoms with Crippen LogP contribution >= 0.6 is 15.9 Å². The minimum atomic E-state index is -4.53. The maximum absolute atomic E-state index is 13.0. The van der Waals surface area contributed by atoms with E-state index in [2.05, 4.69) is 20.7 Å². The Kier molecular flexibility index (Phi) is 3.89. The van der Waals surface area contributed by atoms with Gasteiger partial charge in [0.05, 0.1) is 12.7 Å². The summed E-state index contributed by atoms with van der Waals surface area (Å²) >= 11 is 3.00. The number of esters is 1. The lowest BCUT2D eigenvalue weighted by Gasteiger charge is -2.11. The van der Waals surface area contributed by atoms with Crippen LogP contribution in [0.5, 0.6) is 0 Å². The Morgan fingerprint density at radius 1 is 1.25 bits per heavy atom. The van der Waals surface area contributed by atoms with Crippen molar-refractivity contribution in [2.24, 2.45) is 0 Å². The van der Waals surface area contributed by atoms with Crippen LogP contribution in [0.2, 0.25) is 0 Å². The van der Waals surface area contributed by atoms with Crippen molar-refractivity contribution in [2.75, 3.05) is 7.11 Å². The first-order valence-corrected chi connectivity index (χ1v) is 6.17. The Morgan fingerprint density at radius 3 is 2.55 bits per heavy atom. The smallest absolute Gasteiger partial charge is 0.417 e. The molecule has 0 aliphatic rings. The third-order valence-corrected chi connectivity index (χ3v) is 3.04. The highest BCUT2D eigenvalue weighted by Gasteiger charge is 2.34. The minimum absolute atomic E-state index is 0.0507. The van der Waals surface area contributed by atoms with E-state index in [1.54, 1.807) is 0 Å². The molecule has 106 valence electrons. The van der Waals surface area contributed by atoms with E-state index in [0.29, 0.717) is 4.47 Å². The molecule has 3 nitrogen and oxygen atoms in total. The van der Waals surface area contributed by atoms with E-state index in [1.165, 1.54) is 24.3 Å². The van der Waals surface area contributed by atoms with Gasteiger partial charge in [-0.05, 0) is 30.3 Å². The van der Waals surface area contributed by atoms with Crippen molar-refractivity contribution in [2.45, 2.75) is 6.18 Å². The van der Waals surface area contributed by atoms with Gasteiger partial charge in [-0.2, -0.15) is 13.2 Å². The van der Waals surface area contributed by atoms with Gasteiger partial charge < -0.3 is 9.15 Å². The van der Waals surface area contributed by atoms with E-state index in [-0.39, 0.29) is 17.1 Å². The number of methoxy groups -OCH3 is 1. The molecule has 2 aromatic rings. The van der Waals surface area contributed by atoms with Crippen molar-refractivity contribution in [3.05, 3.63) is 46.1 Å². The summed E-state index contributed by atoms with van der Waals surface area (Å²) in [7, 11) is 1.16. The van der Waals surface area contributed by atoms with Gasteiger partial charge in [0.2, 0.25) is 5.76 Å². The van der Waals surface area contributed by atoms with Crippen molar-refractivity contribution in [1.29, 1.82) is 0 Å². The first-order chi connectivity index (χ1) is 9.32. The number of halogens is 4. The number of carbonyl (C=O) groups excluding carboxylic acids is 1. The average Bonchev–Trinajstić information content (AvgIpc) is 2.86. The second kappa shape index (κ2) is 5.32. The van der Waals surface area contributed by atoms with Gasteiger partial charge >= 0.3 is 12.1 Å². The molecule has 0 saturated carbocycles. The van der Waals surface area contributed by atoms with Gasteiger partial charge in [-0.15, -0.1) is 0 Å². The Labute approximate surface area is 120 Å². The zero-order valence-corrected chi connectivity index (χ0v) is 11.7. The lowest BCUT2D eigenvalue weighted by Crippen LogP contribution is -2.07. The fourth-order valence-corrected chi connectivity index (χ4v) is 2.02. The molecular formula is C13H8BrF3O3. The van der Waals surface area contributed by atoms with Crippen molar-refractivity contribution < 1.29 is 27.1 Å². The zero-order valence-electron chi connectivity index (χ0n) is 10.1. The molecule has 0 unspecified atom stereocenters. The SMILES string of the molecule is COC(=O)c1ccc(-c2ccc(Br)cc2C(F)(F)F)o1. The van der Waals surface area contributed by atoms with E-state index in [9.17, 15) is 18.0 Å². The fourth-order valence-electron chi connectivity index (χ4n) is 1.66. The van der Waals surface area contributed by atoms with Gasteiger partial charge in [-0.1, -0.05) is 15.9 Å². The quantitative estimate of drug-likeness (QED) is 0.749. The van der Waals surface area contributed by atoms with E-state index in [4.69, 9.17) is 4.42 Å². The standard InChI is InChI=1S/C13H8BrF3O3/c1-19-12(18)11-5-4-10(20-11)8-3-2-7(14)6-9(8)13(15,16)17/h2-6H,1H3. The van der Waals surface area contributed by atoms with Crippen LogP contribution in [0.15, 0.2) is 39.2 Å². The Morgan fingerprint density at radius 2 is 1.95 bits per heavy atom. The highest BCUT2D eigenvalue weighted by molar-refractivity contribution is 9.10. The minimum Gasteiger partial charge on any atom is -0.463 e. The van der Waals surface area contributed by atoms with Crippen LogP contribution in [0.3, 0.4) is 0 Å². The molecule has 2 rings (SSSR count). The third-order valence-electron chi connectivity index (χ3n) is 2.55.